The number of amides is 1. The lowest BCUT2D eigenvalue weighted by atomic mass is 9.99. The second-order valence-corrected chi connectivity index (χ2v) is 5.66. The first-order chi connectivity index (χ1) is 9.60. The fourth-order valence-electron chi connectivity index (χ4n) is 1.82. The van der Waals surface area contributed by atoms with Crippen molar-refractivity contribution in [1.82, 2.24) is 15.2 Å². The Hall–Kier alpha value is -1.79. The van der Waals surface area contributed by atoms with Crippen molar-refractivity contribution >= 4 is 17.7 Å². The van der Waals surface area contributed by atoms with E-state index in [4.69, 9.17) is 5.84 Å². The second-order valence-electron chi connectivity index (χ2n) is 4.61. The molecule has 1 atom stereocenters. The van der Waals surface area contributed by atoms with Crippen molar-refractivity contribution in [2.45, 2.75) is 23.5 Å². The average molecular weight is 290 g/mol. The Morgan fingerprint density at radius 3 is 2.70 bits per heavy atom. The first kappa shape index (κ1) is 14.6. The lowest BCUT2D eigenvalue weighted by Crippen LogP contribution is -2.33. The van der Waals surface area contributed by atoms with Crippen molar-refractivity contribution in [3.05, 3.63) is 47.8 Å². The number of carbonyl (C=O) groups excluding carboxylic acids is 1. The number of nitrogens with one attached hydrogen (secondary N) is 1. The Morgan fingerprint density at radius 1 is 1.45 bits per heavy atom. The molecule has 6 heteroatoms. The molecule has 5 nitrogen and oxygen atoms in total. The molecule has 0 saturated carbocycles. The van der Waals surface area contributed by atoms with E-state index in [1.165, 1.54) is 5.56 Å². The van der Waals surface area contributed by atoms with E-state index in [9.17, 15) is 4.79 Å². The Kier molecular flexibility index (Phi) is 4.81. The van der Waals surface area contributed by atoms with Crippen LogP contribution >= 0.6 is 11.8 Å². The van der Waals surface area contributed by atoms with Gasteiger partial charge in [0.25, 0.3) is 0 Å². The number of nitrogens with zero attached hydrogens (tertiary/aromatic N) is 2. The van der Waals surface area contributed by atoms with Crippen molar-refractivity contribution in [3.63, 3.8) is 0 Å². The molecule has 1 heterocycles. The van der Waals surface area contributed by atoms with Gasteiger partial charge in [-0.3, -0.25) is 14.9 Å². The van der Waals surface area contributed by atoms with Crippen molar-refractivity contribution < 1.29 is 4.79 Å². The van der Waals surface area contributed by atoms with Crippen molar-refractivity contribution in [2.75, 3.05) is 0 Å². The number of thioether (sulfide) groups is 1. The van der Waals surface area contributed by atoms with Crippen LogP contribution in [-0.2, 0) is 17.6 Å². The van der Waals surface area contributed by atoms with E-state index in [0.29, 0.717) is 0 Å². The summed E-state index contributed by atoms with van der Waals surface area (Å²) in [6.45, 7) is 1.83. The lowest BCUT2D eigenvalue weighted by molar-refractivity contribution is -0.122. The summed E-state index contributed by atoms with van der Waals surface area (Å²) in [4.78, 5) is 12.6. The van der Waals surface area contributed by atoms with Crippen LogP contribution in [0.3, 0.4) is 0 Å². The van der Waals surface area contributed by atoms with Gasteiger partial charge in [-0.2, -0.15) is 5.10 Å². The molecule has 0 radical (unpaired) electrons. The van der Waals surface area contributed by atoms with Crippen LogP contribution in [0.4, 0.5) is 0 Å². The average Bonchev–Trinajstić information content (AvgIpc) is 2.89. The fourth-order valence-corrected chi connectivity index (χ4v) is 2.69. The first-order valence-corrected chi connectivity index (χ1v) is 7.29. The highest BCUT2D eigenvalue weighted by Gasteiger charge is 2.13. The molecule has 0 fully saturated rings. The molecule has 20 heavy (non-hydrogen) atoms. The molecule has 1 aromatic carbocycles. The molecule has 0 aliphatic rings. The summed E-state index contributed by atoms with van der Waals surface area (Å²) in [6, 6.07) is 8.02. The number of hydrogen-bond acceptors (Lipinski definition) is 4. The van der Waals surface area contributed by atoms with Crippen molar-refractivity contribution in [1.29, 1.82) is 0 Å². The first-order valence-electron chi connectivity index (χ1n) is 6.31. The summed E-state index contributed by atoms with van der Waals surface area (Å²) < 4.78 is 1.79. The van der Waals surface area contributed by atoms with Crippen LogP contribution in [0.1, 0.15) is 24.0 Å². The second kappa shape index (κ2) is 6.58. The number of rotatable bonds is 5. The van der Waals surface area contributed by atoms with Gasteiger partial charge in [-0.05, 0) is 18.1 Å². The molecule has 0 saturated heterocycles. The number of aromatic nitrogens is 2. The predicted molar refractivity (Wildman–Crippen MR) is 80.0 cm³/mol. The highest BCUT2D eigenvalue weighted by Crippen LogP contribution is 2.23. The molecular weight excluding hydrogens is 272 g/mol. The fraction of sp³-hybridized carbons (Fsp3) is 0.286. The molecule has 0 spiro atoms. The van der Waals surface area contributed by atoms with Gasteiger partial charge in [0.1, 0.15) is 0 Å². The predicted octanol–water partition coefficient (Wildman–Crippen LogP) is 1.81. The zero-order valence-electron chi connectivity index (χ0n) is 11.5. The summed E-state index contributed by atoms with van der Waals surface area (Å²) in [5.41, 5.74) is 4.35. The minimum atomic E-state index is -0.236. The van der Waals surface area contributed by atoms with E-state index < -0.39 is 0 Å². The van der Waals surface area contributed by atoms with Gasteiger partial charge in [0.15, 0.2) is 0 Å². The molecule has 1 unspecified atom stereocenters. The maximum absolute atomic E-state index is 11.5. The summed E-state index contributed by atoms with van der Waals surface area (Å²) in [5, 5.41) is 4.13. The van der Waals surface area contributed by atoms with Crippen molar-refractivity contribution in [3.8, 4) is 0 Å². The molecule has 0 aliphatic heterocycles. The Bertz CT molecular complexity index is 579. The molecular formula is C14H18N4OS. The molecule has 1 amide bonds. The van der Waals surface area contributed by atoms with E-state index >= 15 is 0 Å². The van der Waals surface area contributed by atoms with E-state index in [0.717, 1.165) is 16.2 Å². The van der Waals surface area contributed by atoms with Gasteiger partial charge in [-0.15, -0.1) is 11.8 Å². The summed E-state index contributed by atoms with van der Waals surface area (Å²) in [5.74, 6) is 5.61. The third-order valence-electron chi connectivity index (χ3n) is 3.10. The SMILES string of the molecule is CC(C(=O)NN)c1ccc(CSc2cnn(C)c2)cc1. The van der Waals surface area contributed by atoms with Crippen LogP contribution in [0.2, 0.25) is 0 Å². The molecule has 106 valence electrons. The molecule has 2 aromatic rings. The number of aryl methyl sites for hydroxylation is 1. The van der Waals surface area contributed by atoms with E-state index in [1.807, 2.05) is 50.6 Å². The van der Waals surface area contributed by atoms with Gasteiger partial charge in [-0.25, -0.2) is 5.84 Å². The van der Waals surface area contributed by atoms with Gasteiger partial charge in [-0.1, -0.05) is 24.3 Å². The minimum absolute atomic E-state index is 0.178. The standard InChI is InChI=1S/C14H18N4OS/c1-10(14(19)17-15)12-5-3-11(4-6-12)9-20-13-7-16-18(2)8-13/h3-8,10H,9,15H2,1-2H3,(H,17,19). The largest absolute Gasteiger partial charge is 0.294 e. The number of hydrogen-bond donors (Lipinski definition) is 2. The lowest BCUT2D eigenvalue weighted by Gasteiger charge is -2.10. The van der Waals surface area contributed by atoms with Crippen LogP contribution in [0, 0.1) is 0 Å². The molecule has 1 aromatic heterocycles. The van der Waals surface area contributed by atoms with Crippen molar-refractivity contribution in [2.24, 2.45) is 12.9 Å². The number of benzene rings is 1. The Labute approximate surface area is 122 Å². The van der Waals surface area contributed by atoms with Gasteiger partial charge in [0, 0.05) is 23.9 Å². The van der Waals surface area contributed by atoms with Crippen LogP contribution in [0.15, 0.2) is 41.6 Å². The minimum Gasteiger partial charge on any atom is -0.294 e. The van der Waals surface area contributed by atoms with Gasteiger partial charge in [0.2, 0.25) is 5.91 Å². The zero-order valence-corrected chi connectivity index (χ0v) is 12.4. The number of carbonyl (C=O) groups is 1. The third kappa shape index (κ3) is 3.61. The monoisotopic (exact) mass is 290 g/mol. The Balaban J connectivity index is 1.96. The maximum atomic E-state index is 11.5. The summed E-state index contributed by atoms with van der Waals surface area (Å²) in [7, 11) is 1.91. The van der Waals surface area contributed by atoms with E-state index in [1.54, 1.807) is 16.4 Å². The normalized spacial score (nSPS) is 12.2. The molecule has 0 aliphatic carbocycles. The quantitative estimate of drug-likeness (QED) is 0.381. The van der Waals surface area contributed by atoms with Crippen LogP contribution < -0.4 is 11.3 Å². The molecule has 2 rings (SSSR count). The Morgan fingerprint density at radius 2 is 2.15 bits per heavy atom. The number of nitrogens with two attached hydrogens (primary N) is 1. The zero-order chi connectivity index (χ0) is 14.5. The topological polar surface area (TPSA) is 72.9 Å². The maximum Gasteiger partial charge on any atom is 0.241 e. The highest BCUT2D eigenvalue weighted by atomic mass is 32.2. The van der Waals surface area contributed by atoms with Gasteiger partial charge < -0.3 is 0 Å². The van der Waals surface area contributed by atoms with Crippen LogP contribution in [0.25, 0.3) is 0 Å². The smallest absolute Gasteiger partial charge is 0.241 e. The molecule has 0 bridgehead atoms. The summed E-state index contributed by atoms with van der Waals surface area (Å²) in [6.07, 6.45) is 3.85. The van der Waals surface area contributed by atoms with Gasteiger partial charge in [0.05, 0.1) is 12.1 Å². The summed E-state index contributed by atoms with van der Waals surface area (Å²) >= 11 is 1.74. The third-order valence-corrected chi connectivity index (χ3v) is 4.12. The highest BCUT2D eigenvalue weighted by molar-refractivity contribution is 7.98. The van der Waals surface area contributed by atoms with Crippen LogP contribution in [-0.4, -0.2) is 15.7 Å². The van der Waals surface area contributed by atoms with E-state index in [2.05, 4.69) is 10.5 Å². The van der Waals surface area contributed by atoms with E-state index in [-0.39, 0.29) is 11.8 Å². The van der Waals surface area contributed by atoms with Crippen LogP contribution in [0.5, 0.6) is 0 Å². The number of hydrazine groups is 1. The molecule has 3 N–H and O–H groups in total. The van der Waals surface area contributed by atoms with Gasteiger partial charge >= 0.3 is 0 Å².